The van der Waals surface area contributed by atoms with Gasteiger partial charge in [-0.15, -0.1) is 0 Å². The second kappa shape index (κ2) is 8.10. The predicted octanol–water partition coefficient (Wildman–Crippen LogP) is 1.94. The number of ether oxygens (including phenoxy) is 3. The maximum absolute atomic E-state index is 5.37. The van der Waals surface area contributed by atoms with Crippen molar-refractivity contribution in [3.8, 4) is 17.2 Å². The Hall–Kier alpha value is -1.46. The highest BCUT2D eigenvalue weighted by molar-refractivity contribution is 5.53. The Balaban J connectivity index is 1.95. The second-order valence-electron chi connectivity index (χ2n) is 5.31. The summed E-state index contributed by atoms with van der Waals surface area (Å²) in [7, 11) is 4.90. The van der Waals surface area contributed by atoms with Crippen molar-refractivity contribution in [3.05, 3.63) is 17.7 Å². The van der Waals surface area contributed by atoms with E-state index in [4.69, 9.17) is 14.2 Å². The second-order valence-corrected chi connectivity index (χ2v) is 5.31. The molecule has 1 fully saturated rings. The zero-order chi connectivity index (χ0) is 15.1. The Morgan fingerprint density at radius 1 is 1.10 bits per heavy atom. The lowest BCUT2D eigenvalue weighted by Crippen LogP contribution is -2.41. The predicted molar refractivity (Wildman–Crippen MR) is 83.4 cm³/mol. The molecule has 2 rings (SSSR count). The van der Waals surface area contributed by atoms with Gasteiger partial charge in [0.25, 0.3) is 0 Å². The SMILES string of the molecule is COc1cc(CNCC2CCCCN2)cc(OC)c1OC. The topological polar surface area (TPSA) is 51.8 Å². The van der Waals surface area contributed by atoms with Gasteiger partial charge < -0.3 is 24.8 Å². The minimum atomic E-state index is 0.584. The summed E-state index contributed by atoms with van der Waals surface area (Å²) in [4.78, 5) is 0. The molecule has 118 valence electrons. The molecule has 1 unspecified atom stereocenters. The fraction of sp³-hybridized carbons (Fsp3) is 0.625. The van der Waals surface area contributed by atoms with E-state index in [0.717, 1.165) is 25.2 Å². The number of hydrogen-bond acceptors (Lipinski definition) is 5. The molecule has 0 aromatic heterocycles. The molecule has 1 aromatic rings. The quantitative estimate of drug-likeness (QED) is 0.805. The van der Waals surface area contributed by atoms with Gasteiger partial charge >= 0.3 is 0 Å². The van der Waals surface area contributed by atoms with Gasteiger partial charge in [-0.3, -0.25) is 0 Å². The Morgan fingerprint density at radius 3 is 2.33 bits per heavy atom. The maximum atomic E-state index is 5.37. The van der Waals surface area contributed by atoms with Gasteiger partial charge in [0.05, 0.1) is 21.3 Å². The molecule has 0 radical (unpaired) electrons. The molecule has 1 atom stereocenters. The maximum Gasteiger partial charge on any atom is 0.203 e. The largest absolute Gasteiger partial charge is 0.493 e. The van der Waals surface area contributed by atoms with E-state index in [2.05, 4.69) is 10.6 Å². The van der Waals surface area contributed by atoms with Crippen LogP contribution in [0.4, 0.5) is 0 Å². The number of nitrogens with one attached hydrogen (secondary N) is 2. The average molecular weight is 294 g/mol. The lowest BCUT2D eigenvalue weighted by atomic mass is 10.1. The number of hydrogen-bond donors (Lipinski definition) is 2. The molecule has 0 amide bonds. The summed E-state index contributed by atoms with van der Waals surface area (Å²) in [5.41, 5.74) is 1.13. The van der Waals surface area contributed by atoms with Crippen molar-refractivity contribution in [2.24, 2.45) is 0 Å². The highest BCUT2D eigenvalue weighted by Gasteiger charge is 2.14. The van der Waals surface area contributed by atoms with Crippen molar-refractivity contribution in [1.82, 2.24) is 10.6 Å². The summed E-state index contributed by atoms with van der Waals surface area (Å²) in [6, 6.07) is 4.56. The Bertz CT molecular complexity index is 420. The van der Waals surface area contributed by atoms with E-state index in [0.29, 0.717) is 23.3 Å². The number of methoxy groups -OCH3 is 3. The third-order valence-corrected chi connectivity index (χ3v) is 3.86. The Morgan fingerprint density at radius 2 is 1.81 bits per heavy atom. The minimum Gasteiger partial charge on any atom is -0.493 e. The lowest BCUT2D eigenvalue weighted by Gasteiger charge is -2.23. The van der Waals surface area contributed by atoms with E-state index in [1.165, 1.54) is 19.3 Å². The highest BCUT2D eigenvalue weighted by Crippen LogP contribution is 2.38. The van der Waals surface area contributed by atoms with Gasteiger partial charge in [-0.1, -0.05) is 6.42 Å². The summed E-state index contributed by atoms with van der Waals surface area (Å²) in [5, 5.41) is 7.03. The van der Waals surface area contributed by atoms with Crippen LogP contribution in [0.15, 0.2) is 12.1 Å². The summed E-state index contributed by atoms with van der Waals surface area (Å²) < 4.78 is 16.1. The van der Waals surface area contributed by atoms with Crippen molar-refractivity contribution in [2.45, 2.75) is 31.8 Å². The van der Waals surface area contributed by atoms with Gasteiger partial charge in [0.1, 0.15) is 0 Å². The first-order chi connectivity index (χ1) is 10.3. The van der Waals surface area contributed by atoms with Crippen LogP contribution in [0.5, 0.6) is 17.2 Å². The summed E-state index contributed by atoms with van der Waals surface area (Å²) in [6.07, 6.45) is 3.87. The van der Waals surface area contributed by atoms with Crippen LogP contribution in [-0.2, 0) is 6.54 Å². The molecule has 5 heteroatoms. The third-order valence-electron chi connectivity index (χ3n) is 3.86. The first-order valence-corrected chi connectivity index (χ1v) is 7.51. The minimum absolute atomic E-state index is 0.584. The molecule has 1 saturated heterocycles. The monoisotopic (exact) mass is 294 g/mol. The fourth-order valence-corrected chi connectivity index (χ4v) is 2.73. The number of piperidine rings is 1. The molecule has 0 aliphatic carbocycles. The lowest BCUT2D eigenvalue weighted by molar-refractivity contribution is 0.323. The molecular formula is C16H26N2O3. The van der Waals surface area contributed by atoms with E-state index in [-0.39, 0.29) is 0 Å². The fourth-order valence-electron chi connectivity index (χ4n) is 2.73. The molecule has 0 spiro atoms. The van der Waals surface area contributed by atoms with Gasteiger partial charge in [-0.25, -0.2) is 0 Å². The molecule has 5 nitrogen and oxygen atoms in total. The van der Waals surface area contributed by atoms with Crippen LogP contribution in [-0.4, -0.2) is 40.5 Å². The Kier molecular flexibility index (Phi) is 6.14. The number of benzene rings is 1. The van der Waals surface area contributed by atoms with Gasteiger partial charge in [0.2, 0.25) is 5.75 Å². The van der Waals surface area contributed by atoms with Crippen LogP contribution in [0.25, 0.3) is 0 Å². The highest BCUT2D eigenvalue weighted by atomic mass is 16.5. The van der Waals surface area contributed by atoms with Gasteiger partial charge in [-0.05, 0) is 37.1 Å². The molecule has 1 aliphatic heterocycles. The smallest absolute Gasteiger partial charge is 0.203 e. The zero-order valence-electron chi connectivity index (χ0n) is 13.2. The van der Waals surface area contributed by atoms with E-state index in [1.807, 2.05) is 12.1 Å². The standard InChI is InChI=1S/C16H26N2O3/c1-19-14-8-12(9-15(20-2)16(14)21-3)10-17-11-13-6-4-5-7-18-13/h8-9,13,17-18H,4-7,10-11H2,1-3H3. The van der Waals surface area contributed by atoms with Crippen LogP contribution in [0.3, 0.4) is 0 Å². The van der Waals surface area contributed by atoms with Crippen LogP contribution in [0.1, 0.15) is 24.8 Å². The third kappa shape index (κ3) is 4.25. The van der Waals surface area contributed by atoms with E-state index < -0.39 is 0 Å². The summed E-state index contributed by atoms with van der Waals surface area (Å²) >= 11 is 0. The zero-order valence-corrected chi connectivity index (χ0v) is 13.2. The molecule has 0 bridgehead atoms. The van der Waals surface area contributed by atoms with E-state index >= 15 is 0 Å². The Labute approximate surface area is 127 Å². The van der Waals surface area contributed by atoms with Gasteiger partial charge in [0, 0.05) is 19.1 Å². The van der Waals surface area contributed by atoms with Crippen LogP contribution in [0, 0.1) is 0 Å². The average Bonchev–Trinajstić information content (AvgIpc) is 2.54. The number of rotatable bonds is 7. The first kappa shape index (κ1) is 15.9. The van der Waals surface area contributed by atoms with Crippen LogP contribution >= 0.6 is 0 Å². The summed E-state index contributed by atoms with van der Waals surface area (Å²) in [6.45, 7) is 2.90. The van der Waals surface area contributed by atoms with E-state index in [9.17, 15) is 0 Å². The molecular weight excluding hydrogens is 268 g/mol. The molecule has 21 heavy (non-hydrogen) atoms. The molecule has 1 heterocycles. The molecule has 2 N–H and O–H groups in total. The van der Waals surface area contributed by atoms with Crippen molar-refractivity contribution in [1.29, 1.82) is 0 Å². The van der Waals surface area contributed by atoms with Gasteiger partial charge in [0.15, 0.2) is 11.5 Å². The van der Waals surface area contributed by atoms with Crippen LogP contribution < -0.4 is 24.8 Å². The van der Waals surface area contributed by atoms with Gasteiger partial charge in [-0.2, -0.15) is 0 Å². The molecule has 1 aromatic carbocycles. The first-order valence-electron chi connectivity index (χ1n) is 7.51. The van der Waals surface area contributed by atoms with Crippen molar-refractivity contribution < 1.29 is 14.2 Å². The molecule has 1 aliphatic rings. The van der Waals surface area contributed by atoms with Crippen molar-refractivity contribution >= 4 is 0 Å². The van der Waals surface area contributed by atoms with Crippen molar-refractivity contribution in [3.63, 3.8) is 0 Å². The van der Waals surface area contributed by atoms with E-state index in [1.54, 1.807) is 21.3 Å². The normalized spacial score (nSPS) is 18.3. The van der Waals surface area contributed by atoms with Crippen LogP contribution in [0.2, 0.25) is 0 Å². The van der Waals surface area contributed by atoms with Crippen molar-refractivity contribution in [2.75, 3.05) is 34.4 Å². The summed E-state index contributed by atoms with van der Waals surface area (Å²) in [5.74, 6) is 2.03. The molecule has 0 saturated carbocycles.